The Labute approximate surface area is 124 Å². The molecular formula is C14H21N3O2S. The molecule has 1 aliphatic heterocycles. The molecule has 1 saturated heterocycles. The highest BCUT2D eigenvalue weighted by Gasteiger charge is 2.20. The van der Waals surface area contributed by atoms with Gasteiger partial charge in [-0.15, -0.1) is 0 Å². The van der Waals surface area contributed by atoms with Gasteiger partial charge in [-0.1, -0.05) is 0 Å². The third-order valence-electron chi connectivity index (χ3n) is 2.76. The molecule has 1 aromatic heterocycles. The van der Waals surface area contributed by atoms with Gasteiger partial charge >= 0.3 is 6.09 Å². The van der Waals surface area contributed by atoms with Crippen molar-refractivity contribution in [3.05, 3.63) is 18.3 Å². The van der Waals surface area contributed by atoms with E-state index in [1.165, 1.54) is 0 Å². The lowest BCUT2D eigenvalue weighted by Crippen LogP contribution is -2.34. The number of anilines is 2. The zero-order valence-corrected chi connectivity index (χ0v) is 13.0. The van der Waals surface area contributed by atoms with Crippen molar-refractivity contribution in [2.75, 3.05) is 34.8 Å². The average Bonchev–Trinajstić information content (AvgIpc) is 2.38. The largest absolute Gasteiger partial charge is 0.444 e. The fourth-order valence-electron chi connectivity index (χ4n) is 1.95. The third-order valence-corrected chi connectivity index (χ3v) is 3.70. The number of nitrogens with one attached hydrogen (secondary N) is 1. The lowest BCUT2D eigenvalue weighted by Gasteiger charge is -2.29. The summed E-state index contributed by atoms with van der Waals surface area (Å²) >= 11 is 1.95. The Morgan fingerprint density at radius 1 is 1.40 bits per heavy atom. The summed E-state index contributed by atoms with van der Waals surface area (Å²) in [5.74, 6) is 2.76. The Balaban J connectivity index is 2.09. The van der Waals surface area contributed by atoms with Gasteiger partial charge in [0.2, 0.25) is 0 Å². The van der Waals surface area contributed by atoms with Gasteiger partial charge in [0.15, 0.2) is 5.82 Å². The maximum absolute atomic E-state index is 11.9. The third kappa shape index (κ3) is 4.30. The Hall–Kier alpha value is -1.43. The van der Waals surface area contributed by atoms with Gasteiger partial charge in [-0.05, 0) is 32.9 Å². The van der Waals surface area contributed by atoms with Crippen molar-refractivity contribution in [1.82, 2.24) is 4.98 Å². The number of hydrogen-bond acceptors (Lipinski definition) is 5. The molecule has 1 aromatic rings. The van der Waals surface area contributed by atoms with E-state index in [9.17, 15) is 4.79 Å². The second-order valence-electron chi connectivity index (χ2n) is 5.60. The molecule has 1 aliphatic rings. The summed E-state index contributed by atoms with van der Waals surface area (Å²) in [6, 6.07) is 3.87. The molecule has 20 heavy (non-hydrogen) atoms. The summed E-state index contributed by atoms with van der Waals surface area (Å²) in [7, 11) is 0. The lowest BCUT2D eigenvalue weighted by molar-refractivity contribution is 0.0635. The molecule has 0 spiro atoms. The molecule has 1 fully saturated rings. The normalized spacial score (nSPS) is 15.8. The Morgan fingerprint density at radius 3 is 2.75 bits per heavy atom. The van der Waals surface area contributed by atoms with Crippen LogP contribution >= 0.6 is 11.8 Å². The van der Waals surface area contributed by atoms with Crippen LogP contribution in [0.4, 0.5) is 16.3 Å². The van der Waals surface area contributed by atoms with E-state index in [4.69, 9.17) is 4.74 Å². The first-order chi connectivity index (χ1) is 9.46. The molecule has 1 amide bonds. The molecule has 110 valence electrons. The van der Waals surface area contributed by atoms with Gasteiger partial charge in [-0.3, -0.25) is 5.32 Å². The molecule has 2 rings (SSSR count). The SMILES string of the molecule is CC(C)(C)OC(=O)Nc1ncccc1N1CCSCC1. The zero-order chi connectivity index (χ0) is 14.6. The number of amides is 1. The van der Waals surface area contributed by atoms with Crippen molar-refractivity contribution in [2.45, 2.75) is 26.4 Å². The van der Waals surface area contributed by atoms with Crippen LogP contribution in [0, 0.1) is 0 Å². The fraction of sp³-hybridized carbons (Fsp3) is 0.571. The number of carbonyl (C=O) groups excluding carboxylic acids is 1. The van der Waals surface area contributed by atoms with Gasteiger partial charge < -0.3 is 9.64 Å². The first-order valence-electron chi connectivity index (χ1n) is 6.73. The molecule has 1 N–H and O–H groups in total. The summed E-state index contributed by atoms with van der Waals surface area (Å²) < 4.78 is 5.27. The molecule has 0 bridgehead atoms. The van der Waals surface area contributed by atoms with Crippen LogP contribution in [0.25, 0.3) is 0 Å². The molecule has 0 radical (unpaired) electrons. The van der Waals surface area contributed by atoms with Crippen LogP contribution in [0.2, 0.25) is 0 Å². The molecule has 5 nitrogen and oxygen atoms in total. The number of hydrogen-bond donors (Lipinski definition) is 1. The van der Waals surface area contributed by atoms with Crippen LogP contribution in [0.1, 0.15) is 20.8 Å². The maximum Gasteiger partial charge on any atom is 0.413 e. The van der Waals surface area contributed by atoms with Crippen LogP contribution in [-0.2, 0) is 4.74 Å². The van der Waals surface area contributed by atoms with Crippen LogP contribution in [-0.4, -0.2) is 41.3 Å². The number of pyridine rings is 1. The summed E-state index contributed by atoms with van der Waals surface area (Å²) in [6.45, 7) is 7.47. The molecule has 0 aliphatic carbocycles. The van der Waals surface area contributed by atoms with Gasteiger partial charge in [-0.2, -0.15) is 11.8 Å². The highest BCUT2D eigenvalue weighted by atomic mass is 32.2. The minimum atomic E-state index is -0.513. The highest BCUT2D eigenvalue weighted by Crippen LogP contribution is 2.26. The summed E-state index contributed by atoms with van der Waals surface area (Å²) in [4.78, 5) is 18.4. The van der Waals surface area contributed by atoms with E-state index < -0.39 is 11.7 Å². The zero-order valence-electron chi connectivity index (χ0n) is 12.2. The Bertz CT molecular complexity index is 468. The Morgan fingerprint density at radius 2 is 2.10 bits per heavy atom. The summed E-state index contributed by atoms with van der Waals surface area (Å²) in [6.07, 6.45) is 1.21. The predicted octanol–water partition coefficient (Wildman–Crippen LogP) is 2.98. The first kappa shape index (κ1) is 15.0. The molecule has 0 aromatic carbocycles. The van der Waals surface area contributed by atoms with Crippen LogP contribution in [0.5, 0.6) is 0 Å². The van der Waals surface area contributed by atoms with Crippen molar-refractivity contribution in [3.63, 3.8) is 0 Å². The highest BCUT2D eigenvalue weighted by molar-refractivity contribution is 7.99. The standard InChI is InChI=1S/C14H21N3O2S/c1-14(2,3)19-13(18)16-12-11(5-4-6-15-12)17-7-9-20-10-8-17/h4-6H,7-10H2,1-3H3,(H,15,16,18). The van der Waals surface area contributed by atoms with Crippen LogP contribution < -0.4 is 10.2 Å². The second kappa shape index (κ2) is 6.35. The van der Waals surface area contributed by atoms with E-state index in [1.807, 2.05) is 44.7 Å². The van der Waals surface area contributed by atoms with E-state index in [0.29, 0.717) is 5.82 Å². The first-order valence-corrected chi connectivity index (χ1v) is 7.89. The Kier molecular flexibility index (Phi) is 4.75. The quantitative estimate of drug-likeness (QED) is 0.909. The summed E-state index contributed by atoms with van der Waals surface area (Å²) in [5, 5.41) is 2.74. The van der Waals surface area contributed by atoms with Crippen molar-refractivity contribution in [3.8, 4) is 0 Å². The fourth-order valence-corrected chi connectivity index (χ4v) is 2.86. The van der Waals surface area contributed by atoms with Gasteiger partial charge in [0.05, 0.1) is 5.69 Å². The van der Waals surface area contributed by atoms with E-state index in [2.05, 4.69) is 15.2 Å². The number of thioether (sulfide) groups is 1. The lowest BCUT2D eigenvalue weighted by atomic mass is 10.2. The monoisotopic (exact) mass is 295 g/mol. The smallest absolute Gasteiger partial charge is 0.413 e. The van der Waals surface area contributed by atoms with Crippen LogP contribution in [0.3, 0.4) is 0 Å². The number of nitrogens with zero attached hydrogens (tertiary/aromatic N) is 2. The maximum atomic E-state index is 11.9. The van der Waals surface area contributed by atoms with Crippen molar-refractivity contribution in [2.24, 2.45) is 0 Å². The molecule has 0 atom stereocenters. The van der Waals surface area contributed by atoms with Gasteiger partial charge in [0.1, 0.15) is 5.60 Å². The summed E-state index contributed by atoms with van der Waals surface area (Å²) in [5.41, 5.74) is 0.444. The molecule has 0 unspecified atom stereocenters. The predicted molar refractivity (Wildman–Crippen MR) is 83.6 cm³/mol. The molecule has 0 saturated carbocycles. The van der Waals surface area contributed by atoms with E-state index >= 15 is 0 Å². The van der Waals surface area contributed by atoms with Crippen LogP contribution in [0.15, 0.2) is 18.3 Å². The van der Waals surface area contributed by atoms with E-state index in [1.54, 1.807) is 6.20 Å². The number of ether oxygens (including phenoxy) is 1. The van der Waals surface area contributed by atoms with Crippen molar-refractivity contribution < 1.29 is 9.53 Å². The van der Waals surface area contributed by atoms with Gasteiger partial charge in [-0.25, -0.2) is 9.78 Å². The van der Waals surface area contributed by atoms with E-state index in [0.717, 1.165) is 30.3 Å². The molecule has 6 heteroatoms. The van der Waals surface area contributed by atoms with Crippen molar-refractivity contribution >= 4 is 29.4 Å². The van der Waals surface area contributed by atoms with E-state index in [-0.39, 0.29) is 0 Å². The minimum Gasteiger partial charge on any atom is -0.444 e. The van der Waals surface area contributed by atoms with Crippen molar-refractivity contribution in [1.29, 1.82) is 0 Å². The molecular weight excluding hydrogens is 274 g/mol. The minimum absolute atomic E-state index is 0.469. The second-order valence-corrected chi connectivity index (χ2v) is 6.82. The van der Waals surface area contributed by atoms with Gasteiger partial charge in [0.25, 0.3) is 0 Å². The molecule has 2 heterocycles. The topological polar surface area (TPSA) is 54.5 Å². The number of carbonyl (C=O) groups is 1. The number of rotatable bonds is 2. The number of aromatic nitrogens is 1. The average molecular weight is 295 g/mol. The van der Waals surface area contributed by atoms with Gasteiger partial charge in [0, 0.05) is 30.8 Å².